The Kier molecular flexibility index (Phi) is 6.09. The van der Waals surface area contributed by atoms with Gasteiger partial charge < -0.3 is 4.74 Å². The van der Waals surface area contributed by atoms with E-state index in [1.54, 1.807) is 13.0 Å². The highest BCUT2D eigenvalue weighted by atomic mass is 16.5. The van der Waals surface area contributed by atoms with Crippen LogP contribution < -0.4 is 5.56 Å². The van der Waals surface area contributed by atoms with E-state index in [0.29, 0.717) is 32.4 Å². The number of esters is 1. The third-order valence-corrected chi connectivity index (χ3v) is 3.58. The van der Waals surface area contributed by atoms with Gasteiger partial charge in [-0.1, -0.05) is 30.3 Å². The molecule has 0 atom stereocenters. The summed E-state index contributed by atoms with van der Waals surface area (Å²) in [6.45, 7) is 4.48. The minimum Gasteiger partial charge on any atom is -0.466 e. The molecule has 0 saturated heterocycles. The topological polar surface area (TPSA) is 61.2 Å². The number of aryl methyl sites for hydroxylation is 2. The van der Waals surface area contributed by atoms with Crippen LogP contribution in [-0.4, -0.2) is 22.4 Å². The average Bonchev–Trinajstić information content (AvgIpc) is 2.53. The third kappa shape index (κ3) is 5.06. The number of hydrogen-bond acceptors (Lipinski definition) is 4. The van der Waals surface area contributed by atoms with E-state index in [4.69, 9.17) is 4.74 Å². The zero-order chi connectivity index (χ0) is 16.7. The molecule has 0 saturated carbocycles. The van der Waals surface area contributed by atoms with E-state index in [0.717, 1.165) is 16.8 Å². The lowest BCUT2D eigenvalue weighted by Gasteiger charge is -2.09. The Hall–Kier alpha value is -2.43. The fraction of sp³-hybridized carbons (Fsp3) is 0.389. The van der Waals surface area contributed by atoms with Crippen LogP contribution in [0.3, 0.4) is 0 Å². The van der Waals surface area contributed by atoms with Crippen molar-refractivity contribution in [2.75, 3.05) is 6.61 Å². The van der Waals surface area contributed by atoms with Crippen molar-refractivity contribution in [3.8, 4) is 0 Å². The van der Waals surface area contributed by atoms with Crippen molar-refractivity contribution in [2.24, 2.45) is 0 Å². The van der Waals surface area contributed by atoms with E-state index in [1.165, 1.54) is 4.68 Å². The molecular weight excluding hydrogens is 292 g/mol. The number of hydrogen-bond donors (Lipinski definition) is 0. The first-order chi connectivity index (χ1) is 11.1. The molecular formula is C18H22N2O3. The van der Waals surface area contributed by atoms with Gasteiger partial charge in [-0.25, -0.2) is 4.68 Å². The molecule has 5 nitrogen and oxygen atoms in total. The van der Waals surface area contributed by atoms with Crippen LogP contribution in [0.25, 0.3) is 0 Å². The molecule has 1 aromatic heterocycles. The lowest BCUT2D eigenvalue weighted by Crippen LogP contribution is -2.25. The molecule has 1 heterocycles. The second kappa shape index (κ2) is 8.27. The molecule has 5 heteroatoms. The minimum atomic E-state index is -0.238. The normalized spacial score (nSPS) is 10.5. The molecule has 1 aromatic carbocycles. The summed E-state index contributed by atoms with van der Waals surface area (Å²) in [6.07, 6.45) is 1.54. The van der Waals surface area contributed by atoms with Crippen molar-refractivity contribution in [1.29, 1.82) is 0 Å². The molecule has 2 rings (SSSR count). The van der Waals surface area contributed by atoms with E-state index in [1.807, 2.05) is 37.3 Å². The Morgan fingerprint density at radius 3 is 2.70 bits per heavy atom. The maximum atomic E-state index is 12.2. The Balaban J connectivity index is 2.02. The molecule has 0 aliphatic rings. The van der Waals surface area contributed by atoms with Gasteiger partial charge in [0.1, 0.15) is 0 Å². The smallest absolute Gasteiger partial charge is 0.305 e. The summed E-state index contributed by atoms with van der Waals surface area (Å²) in [5.74, 6) is -0.238. The average molecular weight is 314 g/mol. The van der Waals surface area contributed by atoms with Crippen molar-refractivity contribution < 1.29 is 9.53 Å². The number of rotatable bonds is 7. The lowest BCUT2D eigenvalue weighted by molar-refractivity contribution is -0.143. The maximum Gasteiger partial charge on any atom is 0.305 e. The summed E-state index contributed by atoms with van der Waals surface area (Å²) in [5, 5.41) is 4.36. The van der Waals surface area contributed by atoms with Crippen molar-refractivity contribution in [1.82, 2.24) is 9.78 Å². The van der Waals surface area contributed by atoms with Crippen molar-refractivity contribution >= 4 is 5.97 Å². The van der Waals surface area contributed by atoms with Gasteiger partial charge in [-0.2, -0.15) is 5.10 Å². The Morgan fingerprint density at radius 2 is 2.00 bits per heavy atom. The number of aromatic nitrogens is 2. The summed E-state index contributed by atoms with van der Waals surface area (Å²) in [6, 6.07) is 11.6. The summed E-state index contributed by atoms with van der Waals surface area (Å²) in [7, 11) is 0. The predicted molar refractivity (Wildman–Crippen MR) is 88.3 cm³/mol. The molecule has 0 spiro atoms. The number of benzene rings is 1. The number of ether oxygens (including phenoxy) is 1. The van der Waals surface area contributed by atoms with Gasteiger partial charge in [0.25, 0.3) is 5.56 Å². The molecule has 0 unspecified atom stereocenters. The SMILES string of the molecule is CCOC(=O)CCCn1nc(C)c(Cc2ccccc2)cc1=O. The molecule has 2 aromatic rings. The Morgan fingerprint density at radius 1 is 1.26 bits per heavy atom. The summed E-state index contributed by atoms with van der Waals surface area (Å²) >= 11 is 0. The van der Waals surface area contributed by atoms with Gasteiger partial charge in [-0.3, -0.25) is 9.59 Å². The van der Waals surface area contributed by atoms with Gasteiger partial charge >= 0.3 is 5.97 Å². The van der Waals surface area contributed by atoms with Gasteiger partial charge in [-0.15, -0.1) is 0 Å². The first-order valence-electron chi connectivity index (χ1n) is 7.87. The van der Waals surface area contributed by atoms with E-state index in [2.05, 4.69) is 5.10 Å². The third-order valence-electron chi connectivity index (χ3n) is 3.58. The highest BCUT2D eigenvalue weighted by Crippen LogP contribution is 2.10. The van der Waals surface area contributed by atoms with Crippen LogP contribution in [0.15, 0.2) is 41.2 Å². The zero-order valence-electron chi connectivity index (χ0n) is 13.6. The molecule has 0 aliphatic carbocycles. The Labute approximate surface area is 135 Å². The fourth-order valence-corrected chi connectivity index (χ4v) is 2.38. The van der Waals surface area contributed by atoms with Gasteiger partial charge in [0, 0.05) is 19.0 Å². The van der Waals surface area contributed by atoms with Crippen LogP contribution in [0, 0.1) is 6.92 Å². The van der Waals surface area contributed by atoms with E-state index in [-0.39, 0.29) is 11.5 Å². The summed E-state index contributed by atoms with van der Waals surface area (Å²) in [4.78, 5) is 23.5. The van der Waals surface area contributed by atoms with Crippen LogP contribution in [0.5, 0.6) is 0 Å². The van der Waals surface area contributed by atoms with Gasteiger partial charge in [0.15, 0.2) is 0 Å². The van der Waals surface area contributed by atoms with Crippen LogP contribution in [-0.2, 0) is 22.5 Å². The molecule has 0 aliphatic heterocycles. The monoisotopic (exact) mass is 314 g/mol. The first-order valence-corrected chi connectivity index (χ1v) is 7.87. The van der Waals surface area contributed by atoms with Crippen LogP contribution >= 0.6 is 0 Å². The van der Waals surface area contributed by atoms with Crippen LogP contribution in [0.4, 0.5) is 0 Å². The first kappa shape index (κ1) is 16.9. The molecule has 122 valence electrons. The van der Waals surface area contributed by atoms with Gasteiger partial charge in [0.2, 0.25) is 0 Å². The molecule has 0 N–H and O–H groups in total. The molecule has 0 amide bonds. The minimum absolute atomic E-state index is 0.134. The fourth-order valence-electron chi connectivity index (χ4n) is 2.38. The summed E-state index contributed by atoms with van der Waals surface area (Å²) < 4.78 is 6.29. The number of carbonyl (C=O) groups excluding carboxylic acids is 1. The highest BCUT2D eigenvalue weighted by molar-refractivity contribution is 5.69. The maximum absolute atomic E-state index is 12.2. The second-order valence-electron chi connectivity index (χ2n) is 5.39. The van der Waals surface area contributed by atoms with Crippen LogP contribution in [0.2, 0.25) is 0 Å². The van der Waals surface area contributed by atoms with E-state index in [9.17, 15) is 9.59 Å². The van der Waals surface area contributed by atoms with E-state index < -0.39 is 0 Å². The van der Waals surface area contributed by atoms with E-state index >= 15 is 0 Å². The molecule has 0 fully saturated rings. The number of carbonyl (C=O) groups is 1. The second-order valence-corrected chi connectivity index (χ2v) is 5.39. The quantitative estimate of drug-likeness (QED) is 0.737. The zero-order valence-corrected chi connectivity index (χ0v) is 13.6. The number of nitrogens with zero attached hydrogens (tertiary/aromatic N) is 2. The largest absolute Gasteiger partial charge is 0.466 e. The van der Waals surface area contributed by atoms with Crippen molar-refractivity contribution in [3.05, 3.63) is 63.6 Å². The Bertz CT molecular complexity index is 708. The highest BCUT2D eigenvalue weighted by Gasteiger charge is 2.08. The molecule has 0 bridgehead atoms. The van der Waals surface area contributed by atoms with Gasteiger partial charge in [-0.05, 0) is 37.8 Å². The standard InChI is InChI=1S/C18H22N2O3/c1-3-23-18(22)10-7-11-20-17(21)13-16(14(2)19-20)12-15-8-5-4-6-9-15/h4-6,8-9,13H,3,7,10-12H2,1-2H3. The lowest BCUT2D eigenvalue weighted by atomic mass is 10.0. The van der Waals surface area contributed by atoms with Crippen molar-refractivity contribution in [3.63, 3.8) is 0 Å². The molecule has 0 radical (unpaired) electrons. The summed E-state index contributed by atoms with van der Waals surface area (Å²) in [5.41, 5.74) is 2.79. The predicted octanol–water partition coefficient (Wildman–Crippen LogP) is 2.49. The van der Waals surface area contributed by atoms with Crippen molar-refractivity contribution in [2.45, 2.75) is 39.7 Å². The molecule has 23 heavy (non-hydrogen) atoms. The van der Waals surface area contributed by atoms with Gasteiger partial charge in [0.05, 0.1) is 12.3 Å². The van der Waals surface area contributed by atoms with Crippen LogP contribution in [0.1, 0.15) is 36.6 Å².